The van der Waals surface area contributed by atoms with Gasteiger partial charge in [-0.2, -0.15) is 0 Å². The van der Waals surface area contributed by atoms with E-state index in [1.807, 2.05) is 53.4 Å². The zero-order chi connectivity index (χ0) is 17.1. The van der Waals surface area contributed by atoms with Gasteiger partial charge in [-0.3, -0.25) is 4.79 Å². The number of ether oxygens (including phenoxy) is 1. The Kier molecular flexibility index (Phi) is 4.53. The molecule has 0 spiro atoms. The first-order chi connectivity index (χ1) is 12.3. The van der Waals surface area contributed by atoms with Crippen LogP contribution in [0.25, 0.3) is 0 Å². The molecular formula is C21H19NO2S. The Morgan fingerprint density at radius 2 is 1.76 bits per heavy atom. The van der Waals surface area contributed by atoms with Crippen molar-refractivity contribution >= 4 is 17.2 Å². The van der Waals surface area contributed by atoms with Crippen LogP contribution in [0.1, 0.15) is 22.0 Å². The van der Waals surface area contributed by atoms with Gasteiger partial charge in [0.15, 0.2) is 6.61 Å². The molecule has 3 aromatic rings. The fourth-order valence-electron chi connectivity index (χ4n) is 3.32. The van der Waals surface area contributed by atoms with Crippen molar-refractivity contribution in [1.82, 2.24) is 4.90 Å². The second-order valence-corrected chi connectivity index (χ2v) is 7.05. The molecule has 25 heavy (non-hydrogen) atoms. The maximum Gasteiger partial charge on any atom is 0.261 e. The Morgan fingerprint density at radius 1 is 1.04 bits per heavy atom. The Balaban J connectivity index is 1.58. The normalized spacial score (nSPS) is 16.3. The minimum Gasteiger partial charge on any atom is -0.484 e. The molecule has 4 rings (SSSR count). The van der Waals surface area contributed by atoms with Gasteiger partial charge in [-0.25, -0.2) is 0 Å². The van der Waals surface area contributed by atoms with Crippen LogP contribution in [0.2, 0.25) is 0 Å². The summed E-state index contributed by atoms with van der Waals surface area (Å²) in [6, 6.07) is 21.9. The Hall–Kier alpha value is -2.59. The monoisotopic (exact) mass is 349 g/mol. The molecule has 0 bridgehead atoms. The number of amides is 1. The van der Waals surface area contributed by atoms with E-state index in [0.717, 1.165) is 24.3 Å². The van der Waals surface area contributed by atoms with Crippen LogP contribution >= 0.6 is 11.3 Å². The SMILES string of the molecule is O=C(COc1ccccc1)N1CCc2sccc2C1c1ccccc1. The molecule has 2 aromatic carbocycles. The number of para-hydroxylation sites is 1. The van der Waals surface area contributed by atoms with E-state index in [-0.39, 0.29) is 18.6 Å². The quantitative estimate of drug-likeness (QED) is 0.703. The lowest BCUT2D eigenvalue weighted by Crippen LogP contribution is -2.42. The lowest BCUT2D eigenvalue weighted by atomic mass is 9.93. The van der Waals surface area contributed by atoms with E-state index >= 15 is 0 Å². The number of carbonyl (C=O) groups is 1. The standard InChI is InChI=1S/C21H19NO2S/c23-20(15-24-17-9-5-2-6-10-17)22-13-11-19-18(12-14-25-19)21(22)16-7-3-1-4-8-16/h1-10,12,14,21H,11,13,15H2. The second-order valence-electron chi connectivity index (χ2n) is 6.05. The molecule has 4 heteroatoms. The van der Waals surface area contributed by atoms with Crippen LogP contribution in [0.15, 0.2) is 72.1 Å². The van der Waals surface area contributed by atoms with E-state index in [9.17, 15) is 4.79 Å². The van der Waals surface area contributed by atoms with Crippen molar-refractivity contribution < 1.29 is 9.53 Å². The molecule has 1 aliphatic heterocycles. The van der Waals surface area contributed by atoms with Crippen molar-refractivity contribution in [3.8, 4) is 5.75 Å². The lowest BCUT2D eigenvalue weighted by molar-refractivity contribution is -0.135. The maximum atomic E-state index is 12.9. The summed E-state index contributed by atoms with van der Waals surface area (Å²) in [6.07, 6.45) is 0.910. The van der Waals surface area contributed by atoms with Gasteiger partial charge < -0.3 is 9.64 Å². The van der Waals surface area contributed by atoms with Crippen LogP contribution in [-0.4, -0.2) is 24.0 Å². The number of benzene rings is 2. The minimum atomic E-state index is -0.0249. The zero-order valence-corrected chi connectivity index (χ0v) is 14.6. The van der Waals surface area contributed by atoms with Gasteiger partial charge >= 0.3 is 0 Å². The number of carbonyl (C=O) groups excluding carboxylic acids is 1. The van der Waals surface area contributed by atoms with Gasteiger partial charge in [0.25, 0.3) is 5.91 Å². The highest BCUT2D eigenvalue weighted by atomic mass is 32.1. The Labute approximate surface area is 151 Å². The van der Waals surface area contributed by atoms with Crippen LogP contribution in [0.5, 0.6) is 5.75 Å². The molecule has 0 N–H and O–H groups in total. The van der Waals surface area contributed by atoms with E-state index in [4.69, 9.17) is 4.74 Å². The zero-order valence-electron chi connectivity index (χ0n) is 13.8. The van der Waals surface area contributed by atoms with Crippen molar-refractivity contribution in [3.63, 3.8) is 0 Å². The highest BCUT2D eigenvalue weighted by Crippen LogP contribution is 2.37. The summed E-state index contributed by atoms with van der Waals surface area (Å²) < 4.78 is 5.69. The number of thiophene rings is 1. The predicted molar refractivity (Wildman–Crippen MR) is 100.0 cm³/mol. The molecule has 3 nitrogen and oxygen atoms in total. The molecular weight excluding hydrogens is 330 g/mol. The second kappa shape index (κ2) is 7.11. The largest absolute Gasteiger partial charge is 0.484 e. The lowest BCUT2D eigenvalue weighted by Gasteiger charge is -2.36. The fourth-order valence-corrected chi connectivity index (χ4v) is 4.23. The van der Waals surface area contributed by atoms with Crippen LogP contribution in [0.4, 0.5) is 0 Å². The maximum absolute atomic E-state index is 12.9. The van der Waals surface area contributed by atoms with Crippen LogP contribution < -0.4 is 4.74 Å². The number of fused-ring (bicyclic) bond motifs is 1. The summed E-state index contributed by atoms with van der Waals surface area (Å²) in [4.78, 5) is 16.2. The van der Waals surface area contributed by atoms with Crippen LogP contribution in [0.3, 0.4) is 0 Å². The molecule has 0 saturated heterocycles. The summed E-state index contributed by atoms with van der Waals surface area (Å²) in [5, 5.41) is 2.12. The highest BCUT2D eigenvalue weighted by Gasteiger charge is 2.32. The van der Waals surface area contributed by atoms with Gasteiger partial charge in [0, 0.05) is 11.4 Å². The molecule has 0 fully saturated rings. The summed E-state index contributed by atoms with van der Waals surface area (Å²) >= 11 is 1.78. The van der Waals surface area contributed by atoms with Gasteiger partial charge in [0.05, 0.1) is 6.04 Å². The third-order valence-corrected chi connectivity index (χ3v) is 5.50. The first kappa shape index (κ1) is 15.9. The van der Waals surface area contributed by atoms with Gasteiger partial charge in [0.2, 0.25) is 0 Å². The smallest absolute Gasteiger partial charge is 0.261 e. The molecule has 0 radical (unpaired) electrons. The Bertz CT molecular complexity index is 845. The summed E-state index contributed by atoms with van der Waals surface area (Å²) in [5.74, 6) is 0.745. The van der Waals surface area contributed by atoms with Gasteiger partial charge in [-0.05, 0) is 41.1 Å². The summed E-state index contributed by atoms with van der Waals surface area (Å²) in [7, 11) is 0. The van der Waals surface area contributed by atoms with Crippen LogP contribution in [0, 0.1) is 0 Å². The van der Waals surface area contributed by atoms with E-state index in [2.05, 4.69) is 23.6 Å². The summed E-state index contributed by atoms with van der Waals surface area (Å²) in [6.45, 7) is 0.789. The molecule has 1 aromatic heterocycles. The number of hydrogen-bond acceptors (Lipinski definition) is 3. The minimum absolute atomic E-state index is 0.0227. The molecule has 1 amide bonds. The Morgan fingerprint density at radius 3 is 2.52 bits per heavy atom. The highest BCUT2D eigenvalue weighted by molar-refractivity contribution is 7.10. The van der Waals surface area contributed by atoms with Crippen LogP contribution in [-0.2, 0) is 11.2 Å². The van der Waals surface area contributed by atoms with Crippen molar-refractivity contribution in [2.75, 3.05) is 13.2 Å². The average Bonchev–Trinajstić information content (AvgIpc) is 3.15. The number of hydrogen-bond donors (Lipinski definition) is 0. The molecule has 0 saturated carbocycles. The number of nitrogens with zero attached hydrogens (tertiary/aromatic N) is 1. The summed E-state index contributed by atoms with van der Waals surface area (Å²) in [5.41, 5.74) is 2.39. The van der Waals surface area contributed by atoms with E-state index < -0.39 is 0 Å². The first-order valence-corrected chi connectivity index (χ1v) is 9.29. The molecule has 1 aliphatic rings. The molecule has 1 atom stereocenters. The third kappa shape index (κ3) is 3.30. The van der Waals surface area contributed by atoms with E-state index in [1.165, 1.54) is 10.4 Å². The predicted octanol–water partition coefficient (Wildman–Crippen LogP) is 4.30. The number of rotatable bonds is 4. The molecule has 126 valence electrons. The van der Waals surface area contributed by atoms with Crippen molar-refractivity contribution in [1.29, 1.82) is 0 Å². The van der Waals surface area contributed by atoms with Crippen molar-refractivity contribution in [2.24, 2.45) is 0 Å². The fraction of sp³-hybridized carbons (Fsp3) is 0.190. The third-order valence-electron chi connectivity index (χ3n) is 4.51. The topological polar surface area (TPSA) is 29.5 Å². The van der Waals surface area contributed by atoms with Crippen molar-refractivity contribution in [3.05, 3.63) is 88.1 Å². The van der Waals surface area contributed by atoms with E-state index in [1.54, 1.807) is 11.3 Å². The molecule has 2 heterocycles. The van der Waals surface area contributed by atoms with E-state index in [0.29, 0.717) is 0 Å². The molecule has 1 unspecified atom stereocenters. The van der Waals surface area contributed by atoms with Crippen molar-refractivity contribution in [2.45, 2.75) is 12.5 Å². The first-order valence-electron chi connectivity index (χ1n) is 8.41. The van der Waals surface area contributed by atoms with Gasteiger partial charge in [-0.15, -0.1) is 11.3 Å². The average molecular weight is 349 g/mol. The van der Waals surface area contributed by atoms with Gasteiger partial charge in [-0.1, -0.05) is 48.5 Å². The molecule has 0 aliphatic carbocycles. The van der Waals surface area contributed by atoms with Gasteiger partial charge in [0.1, 0.15) is 5.75 Å².